The van der Waals surface area contributed by atoms with Crippen molar-refractivity contribution in [2.75, 3.05) is 20.1 Å². The number of carbonyl (C=O) groups excluding carboxylic acids is 1. The summed E-state index contributed by atoms with van der Waals surface area (Å²) >= 11 is 0. The highest BCUT2D eigenvalue weighted by molar-refractivity contribution is 5.73. The van der Waals surface area contributed by atoms with Gasteiger partial charge in [-0.25, -0.2) is 0 Å². The standard InChI is InChI=1S/C15H27N3O/c1-11(17(3)14-5-4-6-14)15(16)13-7-9-18(10-8-13)12(2)19/h13-15H,1,4-10,16H2,2-3H3. The van der Waals surface area contributed by atoms with Crippen molar-refractivity contribution in [3.05, 3.63) is 12.3 Å². The molecule has 4 heteroatoms. The largest absolute Gasteiger partial charge is 0.374 e. The molecule has 1 saturated carbocycles. The van der Waals surface area contributed by atoms with Gasteiger partial charge in [0.25, 0.3) is 0 Å². The number of hydrogen-bond acceptors (Lipinski definition) is 3. The smallest absolute Gasteiger partial charge is 0.219 e. The number of carbonyl (C=O) groups is 1. The molecule has 0 aromatic rings. The Hall–Kier alpha value is -1.03. The van der Waals surface area contributed by atoms with E-state index >= 15 is 0 Å². The minimum Gasteiger partial charge on any atom is -0.374 e. The molecule has 1 aliphatic carbocycles. The molecule has 0 radical (unpaired) electrons. The summed E-state index contributed by atoms with van der Waals surface area (Å²) in [5.74, 6) is 0.642. The zero-order chi connectivity index (χ0) is 14.0. The Bertz CT molecular complexity index is 343. The third-order valence-corrected chi connectivity index (χ3v) is 4.95. The topological polar surface area (TPSA) is 49.6 Å². The third kappa shape index (κ3) is 3.11. The van der Waals surface area contributed by atoms with E-state index in [0.29, 0.717) is 12.0 Å². The van der Waals surface area contributed by atoms with Crippen molar-refractivity contribution < 1.29 is 4.79 Å². The SMILES string of the molecule is C=C(C(N)C1CCN(C(C)=O)CC1)N(C)C1CCC1. The Balaban J connectivity index is 1.84. The number of nitrogens with two attached hydrogens (primary N) is 1. The summed E-state index contributed by atoms with van der Waals surface area (Å²) in [7, 11) is 2.12. The van der Waals surface area contributed by atoms with Gasteiger partial charge in [0, 0.05) is 44.8 Å². The zero-order valence-corrected chi connectivity index (χ0v) is 12.3. The number of likely N-dealkylation sites (tertiary alicyclic amines) is 1. The lowest BCUT2D eigenvalue weighted by Gasteiger charge is -2.42. The molecular formula is C15H27N3O. The van der Waals surface area contributed by atoms with Crippen LogP contribution in [0.25, 0.3) is 0 Å². The van der Waals surface area contributed by atoms with E-state index in [4.69, 9.17) is 5.73 Å². The van der Waals surface area contributed by atoms with Crippen LogP contribution in [0.5, 0.6) is 0 Å². The van der Waals surface area contributed by atoms with Crippen LogP contribution in [0.1, 0.15) is 39.0 Å². The Labute approximate surface area is 116 Å². The van der Waals surface area contributed by atoms with E-state index in [2.05, 4.69) is 18.5 Å². The second-order valence-corrected chi connectivity index (χ2v) is 6.06. The molecule has 19 heavy (non-hydrogen) atoms. The first kappa shape index (κ1) is 14.4. The molecule has 0 aromatic heterocycles. The molecule has 0 bridgehead atoms. The maximum atomic E-state index is 11.3. The summed E-state index contributed by atoms with van der Waals surface area (Å²) in [6.07, 6.45) is 5.86. The van der Waals surface area contributed by atoms with Crippen LogP contribution in [0.2, 0.25) is 0 Å². The summed E-state index contributed by atoms with van der Waals surface area (Å²) in [6.45, 7) is 7.53. The Kier molecular flexibility index (Phi) is 4.50. The van der Waals surface area contributed by atoms with Crippen molar-refractivity contribution in [3.8, 4) is 0 Å². The minimum atomic E-state index is 0.0414. The molecule has 1 heterocycles. The van der Waals surface area contributed by atoms with Gasteiger partial charge in [-0.1, -0.05) is 6.58 Å². The number of rotatable bonds is 4. The van der Waals surface area contributed by atoms with Gasteiger partial charge in [0.2, 0.25) is 5.91 Å². The first-order chi connectivity index (χ1) is 9.00. The molecule has 1 aliphatic heterocycles. The molecule has 1 atom stereocenters. The summed E-state index contributed by atoms with van der Waals surface area (Å²) in [6, 6.07) is 0.690. The second kappa shape index (κ2) is 5.95. The molecule has 108 valence electrons. The van der Waals surface area contributed by atoms with E-state index in [0.717, 1.165) is 31.6 Å². The van der Waals surface area contributed by atoms with Gasteiger partial charge in [0.05, 0.1) is 0 Å². The lowest BCUT2D eigenvalue weighted by Crippen LogP contribution is -2.48. The molecule has 2 N–H and O–H groups in total. The van der Waals surface area contributed by atoms with Gasteiger partial charge in [0.15, 0.2) is 0 Å². The maximum Gasteiger partial charge on any atom is 0.219 e. The maximum absolute atomic E-state index is 11.3. The van der Waals surface area contributed by atoms with Crippen molar-refractivity contribution >= 4 is 5.91 Å². The Morgan fingerprint density at radius 3 is 2.32 bits per heavy atom. The fraction of sp³-hybridized carbons (Fsp3) is 0.800. The van der Waals surface area contributed by atoms with Crippen molar-refractivity contribution in [3.63, 3.8) is 0 Å². The van der Waals surface area contributed by atoms with E-state index in [1.165, 1.54) is 19.3 Å². The quantitative estimate of drug-likeness (QED) is 0.839. The van der Waals surface area contributed by atoms with Gasteiger partial charge in [0.1, 0.15) is 0 Å². The molecule has 0 spiro atoms. The van der Waals surface area contributed by atoms with Crippen LogP contribution in [0.3, 0.4) is 0 Å². The lowest BCUT2D eigenvalue weighted by atomic mass is 9.86. The third-order valence-electron chi connectivity index (χ3n) is 4.95. The fourth-order valence-corrected chi connectivity index (χ4v) is 3.09. The van der Waals surface area contributed by atoms with Crippen LogP contribution in [-0.4, -0.2) is 47.9 Å². The highest BCUT2D eigenvalue weighted by Gasteiger charge is 2.31. The molecular weight excluding hydrogens is 238 g/mol. The molecule has 2 rings (SSSR count). The highest BCUT2D eigenvalue weighted by atomic mass is 16.2. The van der Waals surface area contributed by atoms with E-state index in [9.17, 15) is 4.79 Å². The number of likely N-dealkylation sites (N-methyl/N-ethyl adjacent to an activating group) is 1. The number of piperidine rings is 1. The molecule has 2 aliphatic rings. The van der Waals surface area contributed by atoms with Gasteiger partial charge >= 0.3 is 0 Å². The van der Waals surface area contributed by atoms with Gasteiger partial charge in [-0.05, 0) is 38.0 Å². The summed E-state index contributed by atoms with van der Waals surface area (Å²) in [5.41, 5.74) is 7.46. The van der Waals surface area contributed by atoms with E-state index in [1.807, 2.05) is 4.90 Å². The van der Waals surface area contributed by atoms with Gasteiger partial charge < -0.3 is 15.5 Å². The van der Waals surface area contributed by atoms with Crippen LogP contribution in [0.15, 0.2) is 12.3 Å². The van der Waals surface area contributed by atoms with Gasteiger partial charge in [-0.3, -0.25) is 4.79 Å². The van der Waals surface area contributed by atoms with Gasteiger partial charge in [-0.15, -0.1) is 0 Å². The average Bonchev–Trinajstić information content (AvgIpc) is 2.35. The first-order valence-corrected chi connectivity index (χ1v) is 7.43. The minimum absolute atomic E-state index is 0.0414. The lowest BCUT2D eigenvalue weighted by molar-refractivity contribution is -0.130. The van der Waals surface area contributed by atoms with Crippen molar-refractivity contribution in [1.82, 2.24) is 9.80 Å². The number of nitrogens with zero attached hydrogens (tertiary/aromatic N) is 2. The second-order valence-electron chi connectivity index (χ2n) is 6.06. The van der Waals surface area contributed by atoms with Crippen LogP contribution >= 0.6 is 0 Å². The van der Waals surface area contributed by atoms with Crippen molar-refractivity contribution in [1.29, 1.82) is 0 Å². The number of amides is 1. The van der Waals surface area contributed by atoms with Crippen LogP contribution in [0, 0.1) is 5.92 Å². The predicted molar refractivity (Wildman–Crippen MR) is 77.5 cm³/mol. The van der Waals surface area contributed by atoms with E-state index < -0.39 is 0 Å². The van der Waals surface area contributed by atoms with E-state index in [1.54, 1.807) is 6.92 Å². The predicted octanol–water partition coefficient (Wildman–Crippen LogP) is 1.57. The molecule has 0 aromatic carbocycles. The summed E-state index contributed by atoms with van der Waals surface area (Å²) in [5, 5.41) is 0. The first-order valence-electron chi connectivity index (χ1n) is 7.43. The fourth-order valence-electron chi connectivity index (χ4n) is 3.09. The van der Waals surface area contributed by atoms with Gasteiger partial charge in [-0.2, -0.15) is 0 Å². The molecule has 4 nitrogen and oxygen atoms in total. The molecule has 2 fully saturated rings. The molecule has 1 saturated heterocycles. The number of hydrogen-bond donors (Lipinski definition) is 1. The monoisotopic (exact) mass is 265 g/mol. The molecule has 1 unspecified atom stereocenters. The zero-order valence-electron chi connectivity index (χ0n) is 12.3. The Morgan fingerprint density at radius 1 is 1.32 bits per heavy atom. The van der Waals surface area contributed by atoms with Crippen LogP contribution in [0.4, 0.5) is 0 Å². The summed E-state index contributed by atoms with van der Waals surface area (Å²) in [4.78, 5) is 15.5. The van der Waals surface area contributed by atoms with Crippen molar-refractivity contribution in [2.24, 2.45) is 11.7 Å². The Morgan fingerprint density at radius 2 is 1.89 bits per heavy atom. The van der Waals surface area contributed by atoms with E-state index in [-0.39, 0.29) is 11.9 Å². The normalized spacial score (nSPS) is 22.8. The summed E-state index contributed by atoms with van der Waals surface area (Å²) < 4.78 is 0. The van der Waals surface area contributed by atoms with Crippen molar-refractivity contribution in [2.45, 2.75) is 51.1 Å². The van der Waals surface area contributed by atoms with Crippen LogP contribution < -0.4 is 5.73 Å². The van der Waals surface area contributed by atoms with Crippen LogP contribution in [-0.2, 0) is 4.79 Å². The highest BCUT2D eigenvalue weighted by Crippen LogP contribution is 2.30. The average molecular weight is 265 g/mol. The molecule has 1 amide bonds.